The van der Waals surface area contributed by atoms with Gasteiger partial charge in [-0.1, -0.05) is 25.4 Å². The summed E-state index contributed by atoms with van der Waals surface area (Å²) in [7, 11) is 3.47. The van der Waals surface area contributed by atoms with E-state index in [1.54, 1.807) is 25.1 Å². The minimum Gasteiger partial charge on any atom is -0.369 e. The molecule has 0 aliphatic heterocycles. The average Bonchev–Trinajstić information content (AvgIpc) is 2.27. The quantitative estimate of drug-likeness (QED) is 0.833. The van der Waals surface area contributed by atoms with Gasteiger partial charge in [0.15, 0.2) is 0 Å². The summed E-state index contributed by atoms with van der Waals surface area (Å²) < 4.78 is 0. The van der Waals surface area contributed by atoms with Gasteiger partial charge in [0.2, 0.25) is 5.91 Å². The van der Waals surface area contributed by atoms with Crippen molar-refractivity contribution < 1.29 is 4.79 Å². The highest BCUT2D eigenvalue weighted by Gasteiger charge is 2.08. The number of nitrogens with zero attached hydrogens (tertiary/aromatic N) is 3. The van der Waals surface area contributed by atoms with E-state index in [0.717, 1.165) is 0 Å². The normalized spacial score (nSPS) is 10.6. The van der Waals surface area contributed by atoms with Crippen LogP contribution in [0.5, 0.6) is 0 Å². The zero-order valence-corrected chi connectivity index (χ0v) is 12.0. The SMILES string of the molecule is CC(C)c1nc(Cl)cc(NCCC(=O)N(C)C)n1. The average molecular weight is 271 g/mol. The van der Waals surface area contributed by atoms with Gasteiger partial charge in [0.1, 0.15) is 16.8 Å². The van der Waals surface area contributed by atoms with Crippen LogP contribution in [0, 0.1) is 0 Å². The van der Waals surface area contributed by atoms with E-state index in [1.165, 1.54) is 0 Å². The smallest absolute Gasteiger partial charge is 0.223 e. The molecule has 0 spiro atoms. The Balaban J connectivity index is 2.60. The van der Waals surface area contributed by atoms with Crippen molar-refractivity contribution in [1.82, 2.24) is 14.9 Å². The summed E-state index contributed by atoms with van der Waals surface area (Å²) in [6.45, 7) is 4.54. The van der Waals surface area contributed by atoms with Crippen LogP contribution in [0.25, 0.3) is 0 Å². The Bertz CT molecular complexity index is 421. The van der Waals surface area contributed by atoms with Crippen LogP contribution in [-0.2, 0) is 4.79 Å². The molecule has 0 fully saturated rings. The maximum absolute atomic E-state index is 11.4. The number of carbonyl (C=O) groups is 1. The molecule has 0 radical (unpaired) electrons. The van der Waals surface area contributed by atoms with Crippen molar-refractivity contribution in [3.8, 4) is 0 Å². The van der Waals surface area contributed by atoms with Crippen LogP contribution in [0.3, 0.4) is 0 Å². The van der Waals surface area contributed by atoms with E-state index < -0.39 is 0 Å². The molecule has 1 N–H and O–H groups in total. The number of amides is 1. The highest BCUT2D eigenvalue weighted by atomic mass is 35.5. The highest BCUT2D eigenvalue weighted by molar-refractivity contribution is 6.29. The van der Waals surface area contributed by atoms with E-state index in [-0.39, 0.29) is 11.8 Å². The fraction of sp³-hybridized carbons (Fsp3) is 0.583. The molecule has 5 nitrogen and oxygen atoms in total. The molecule has 0 unspecified atom stereocenters. The second-order valence-electron chi connectivity index (χ2n) is 4.55. The third-order valence-electron chi connectivity index (χ3n) is 2.37. The zero-order valence-electron chi connectivity index (χ0n) is 11.2. The minimum absolute atomic E-state index is 0.0757. The van der Waals surface area contributed by atoms with Gasteiger partial charge in [-0.3, -0.25) is 4.79 Å². The van der Waals surface area contributed by atoms with E-state index in [1.807, 2.05) is 13.8 Å². The Labute approximate surface area is 113 Å². The summed E-state index contributed by atoms with van der Waals surface area (Å²) in [5.74, 6) is 1.65. The largest absolute Gasteiger partial charge is 0.369 e. The molecule has 0 aromatic carbocycles. The molecule has 0 bridgehead atoms. The standard InChI is InChI=1S/C12H19ClN4O/c1-8(2)12-15-9(13)7-10(16-12)14-6-5-11(18)17(3)4/h7-8H,5-6H2,1-4H3,(H,14,15,16). The first-order chi connectivity index (χ1) is 8.40. The zero-order chi connectivity index (χ0) is 13.7. The number of rotatable bonds is 5. The molecular formula is C12H19ClN4O. The van der Waals surface area contributed by atoms with Crippen LogP contribution in [0.2, 0.25) is 5.15 Å². The first kappa shape index (κ1) is 14.7. The molecule has 0 aliphatic carbocycles. The van der Waals surface area contributed by atoms with Gasteiger partial charge in [-0.15, -0.1) is 0 Å². The molecule has 0 atom stereocenters. The van der Waals surface area contributed by atoms with Gasteiger partial charge in [-0.25, -0.2) is 9.97 Å². The molecular weight excluding hydrogens is 252 g/mol. The lowest BCUT2D eigenvalue weighted by atomic mass is 10.2. The Morgan fingerprint density at radius 3 is 2.67 bits per heavy atom. The van der Waals surface area contributed by atoms with Crippen molar-refractivity contribution in [1.29, 1.82) is 0 Å². The number of halogens is 1. The molecule has 1 amide bonds. The van der Waals surface area contributed by atoms with Crippen molar-refractivity contribution in [2.75, 3.05) is 26.0 Å². The maximum Gasteiger partial charge on any atom is 0.223 e. The van der Waals surface area contributed by atoms with E-state index in [2.05, 4.69) is 15.3 Å². The Morgan fingerprint density at radius 2 is 2.11 bits per heavy atom. The van der Waals surface area contributed by atoms with Crippen molar-refractivity contribution in [2.24, 2.45) is 0 Å². The summed E-state index contributed by atoms with van der Waals surface area (Å²) in [6.07, 6.45) is 0.422. The first-order valence-corrected chi connectivity index (χ1v) is 6.26. The van der Waals surface area contributed by atoms with Crippen LogP contribution < -0.4 is 5.32 Å². The van der Waals surface area contributed by atoms with Crippen LogP contribution in [0.1, 0.15) is 32.0 Å². The van der Waals surface area contributed by atoms with Gasteiger partial charge in [0.05, 0.1) is 0 Å². The number of nitrogens with one attached hydrogen (secondary N) is 1. The molecule has 1 aromatic rings. The maximum atomic E-state index is 11.4. The summed E-state index contributed by atoms with van der Waals surface area (Å²) in [4.78, 5) is 21.5. The Kier molecular flexibility index (Phi) is 5.34. The van der Waals surface area contributed by atoms with E-state index in [0.29, 0.717) is 29.8 Å². The summed E-state index contributed by atoms with van der Waals surface area (Å²) in [5, 5.41) is 3.50. The van der Waals surface area contributed by atoms with E-state index in [4.69, 9.17) is 11.6 Å². The van der Waals surface area contributed by atoms with Crippen LogP contribution >= 0.6 is 11.6 Å². The monoisotopic (exact) mass is 270 g/mol. The van der Waals surface area contributed by atoms with Crippen LogP contribution in [-0.4, -0.2) is 41.4 Å². The predicted molar refractivity (Wildman–Crippen MR) is 72.9 cm³/mol. The third-order valence-corrected chi connectivity index (χ3v) is 2.57. The lowest BCUT2D eigenvalue weighted by molar-refractivity contribution is -0.128. The van der Waals surface area contributed by atoms with Crippen molar-refractivity contribution in [3.63, 3.8) is 0 Å². The van der Waals surface area contributed by atoms with Gasteiger partial charge in [-0.2, -0.15) is 0 Å². The number of hydrogen-bond donors (Lipinski definition) is 1. The minimum atomic E-state index is 0.0757. The van der Waals surface area contributed by atoms with Crippen LogP contribution in [0.4, 0.5) is 5.82 Å². The molecule has 1 heterocycles. The molecule has 100 valence electrons. The second kappa shape index (κ2) is 6.54. The van der Waals surface area contributed by atoms with E-state index >= 15 is 0 Å². The van der Waals surface area contributed by atoms with Gasteiger partial charge >= 0.3 is 0 Å². The Morgan fingerprint density at radius 1 is 1.44 bits per heavy atom. The predicted octanol–water partition coefficient (Wildman–Crippen LogP) is 2.14. The van der Waals surface area contributed by atoms with Crippen molar-refractivity contribution in [2.45, 2.75) is 26.2 Å². The lowest BCUT2D eigenvalue weighted by Crippen LogP contribution is -2.24. The summed E-state index contributed by atoms with van der Waals surface area (Å²) >= 11 is 5.92. The van der Waals surface area contributed by atoms with E-state index in [9.17, 15) is 4.79 Å². The Hall–Kier alpha value is -1.36. The topological polar surface area (TPSA) is 58.1 Å². The molecule has 18 heavy (non-hydrogen) atoms. The molecule has 0 saturated heterocycles. The summed E-state index contributed by atoms with van der Waals surface area (Å²) in [6, 6.07) is 1.66. The third kappa shape index (κ3) is 4.49. The second-order valence-corrected chi connectivity index (χ2v) is 4.94. The molecule has 1 aromatic heterocycles. The summed E-state index contributed by atoms with van der Waals surface area (Å²) in [5.41, 5.74) is 0. The van der Waals surface area contributed by atoms with Crippen molar-refractivity contribution in [3.05, 3.63) is 17.0 Å². The molecule has 0 aliphatic rings. The first-order valence-electron chi connectivity index (χ1n) is 5.88. The molecule has 1 rings (SSSR count). The number of anilines is 1. The van der Waals surface area contributed by atoms with Gasteiger partial charge in [0.25, 0.3) is 0 Å². The number of carbonyl (C=O) groups excluding carboxylic acids is 1. The lowest BCUT2D eigenvalue weighted by Gasteiger charge is -2.12. The van der Waals surface area contributed by atoms with Crippen molar-refractivity contribution >= 4 is 23.3 Å². The van der Waals surface area contributed by atoms with Crippen LogP contribution in [0.15, 0.2) is 6.07 Å². The molecule has 6 heteroatoms. The fourth-order valence-corrected chi connectivity index (χ4v) is 1.50. The van der Waals surface area contributed by atoms with Gasteiger partial charge in [0, 0.05) is 39.0 Å². The van der Waals surface area contributed by atoms with Gasteiger partial charge in [-0.05, 0) is 0 Å². The van der Waals surface area contributed by atoms with Gasteiger partial charge < -0.3 is 10.2 Å². The molecule has 0 saturated carbocycles. The highest BCUT2D eigenvalue weighted by Crippen LogP contribution is 2.16. The fourth-order valence-electron chi connectivity index (χ4n) is 1.31. The number of aromatic nitrogens is 2. The number of hydrogen-bond acceptors (Lipinski definition) is 4.